The SMILES string of the molecule is O=[N+]([O-])c1cccc(S(=O)(=O)Nc2ccc(-c3ncco3)cc2)c1. The number of rotatable bonds is 5. The fourth-order valence-electron chi connectivity index (χ4n) is 2.03. The van der Waals surface area contributed by atoms with Crippen LogP contribution in [-0.2, 0) is 10.0 Å². The molecule has 0 fully saturated rings. The molecule has 0 saturated carbocycles. The Bertz CT molecular complexity index is 967. The first-order valence-electron chi connectivity index (χ1n) is 6.73. The highest BCUT2D eigenvalue weighted by Crippen LogP contribution is 2.23. The van der Waals surface area contributed by atoms with Gasteiger partial charge >= 0.3 is 0 Å². The van der Waals surface area contributed by atoms with Crippen molar-refractivity contribution in [1.29, 1.82) is 0 Å². The Balaban J connectivity index is 1.84. The van der Waals surface area contributed by atoms with Gasteiger partial charge in [0.05, 0.1) is 16.0 Å². The van der Waals surface area contributed by atoms with E-state index in [2.05, 4.69) is 9.71 Å². The number of nitrogens with zero attached hydrogens (tertiary/aromatic N) is 2. The summed E-state index contributed by atoms with van der Waals surface area (Å²) in [4.78, 5) is 13.9. The summed E-state index contributed by atoms with van der Waals surface area (Å²) in [5, 5.41) is 10.8. The molecule has 0 unspecified atom stereocenters. The van der Waals surface area contributed by atoms with Crippen LogP contribution >= 0.6 is 0 Å². The fourth-order valence-corrected chi connectivity index (χ4v) is 3.12. The third-order valence-corrected chi connectivity index (χ3v) is 4.53. The van der Waals surface area contributed by atoms with Crippen molar-refractivity contribution in [2.45, 2.75) is 4.90 Å². The first-order valence-corrected chi connectivity index (χ1v) is 8.21. The zero-order valence-electron chi connectivity index (χ0n) is 12.1. The lowest BCUT2D eigenvalue weighted by atomic mass is 10.2. The Kier molecular flexibility index (Phi) is 4.00. The van der Waals surface area contributed by atoms with E-state index >= 15 is 0 Å². The largest absolute Gasteiger partial charge is 0.445 e. The number of nitro groups is 1. The molecule has 3 rings (SSSR count). The van der Waals surface area contributed by atoms with E-state index in [0.29, 0.717) is 17.1 Å². The summed E-state index contributed by atoms with van der Waals surface area (Å²) < 4.78 is 32.2. The van der Waals surface area contributed by atoms with Gasteiger partial charge in [0.2, 0.25) is 5.89 Å². The lowest BCUT2D eigenvalue weighted by molar-refractivity contribution is -0.385. The van der Waals surface area contributed by atoms with Gasteiger partial charge in [0, 0.05) is 23.4 Å². The van der Waals surface area contributed by atoms with E-state index in [4.69, 9.17) is 4.42 Å². The number of oxazole rings is 1. The van der Waals surface area contributed by atoms with Gasteiger partial charge in [0.1, 0.15) is 6.26 Å². The number of hydrogen-bond donors (Lipinski definition) is 1. The lowest BCUT2D eigenvalue weighted by Gasteiger charge is -2.08. The Morgan fingerprint density at radius 1 is 1.12 bits per heavy atom. The standard InChI is InChI=1S/C15H11N3O5S/c19-18(20)13-2-1-3-14(10-13)24(21,22)17-12-6-4-11(5-7-12)15-16-8-9-23-15/h1-10,17H. The summed E-state index contributed by atoms with van der Waals surface area (Å²) in [5.41, 5.74) is 0.715. The van der Waals surface area contributed by atoms with Gasteiger partial charge < -0.3 is 4.42 Å². The predicted molar refractivity (Wildman–Crippen MR) is 85.8 cm³/mol. The Labute approximate surface area is 137 Å². The van der Waals surface area contributed by atoms with Crippen molar-refractivity contribution in [1.82, 2.24) is 4.98 Å². The maximum Gasteiger partial charge on any atom is 0.270 e. The second kappa shape index (κ2) is 6.13. The Hall–Kier alpha value is -3.20. The van der Waals surface area contributed by atoms with Gasteiger partial charge in [0.25, 0.3) is 15.7 Å². The van der Waals surface area contributed by atoms with E-state index in [1.165, 1.54) is 30.7 Å². The summed E-state index contributed by atoms with van der Waals surface area (Å²) in [7, 11) is -3.93. The molecule has 0 aliphatic heterocycles. The van der Waals surface area contributed by atoms with Gasteiger partial charge in [-0.1, -0.05) is 6.07 Å². The highest BCUT2D eigenvalue weighted by molar-refractivity contribution is 7.92. The zero-order valence-corrected chi connectivity index (χ0v) is 12.9. The molecule has 0 bridgehead atoms. The molecule has 0 radical (unpaired) electrons. The first kappa shape index (κ1) is 15.7. The number of hydrogen-bond acceptors (Lipinski definition) is 6. The van der Waals surface area contributed by atoms with Crippen molar-refractivity contribution >= 4 is 21.4 Å². The molecule has 1 N–H and O–H groups in total. The summed E-state index contributed by atoms with van der Waals surface area (Å²) in [6.07, 6.45) is 2.95. The normalized spacial score (nSPS) is 11.2. The van der Waals surface area contributed by atoms with Crippen molar-refractivity contribution in [3.05, 3.63) is 71.1 Å². The van der Waals surface area contributed by atoms with Crippen molar-refractivity contribution in [2.75, 3.05) is 4.72 Å². The molecule has 1 aromatic heterocycles. The first-order chi connectivity index (χ1) is 11.5. The van der Waals surface area contributed by atoms with Gasteiger partial charge in [-0.2, -0.15) is 0 Å². The van der Waals surface area contributed by atoms with E-state index in [0.717, 1.165) is 6.07 Å². The molecule has 2 aromatic carbocycles. The van der Waals surface area contributed by atoms with E-state index in [1.807, 2.05) is 0 Å². The van der Waals surface area contributed by atoms with E-state index in [1.54, 1.807) is 24.3 Å². The maximum absolute atomic E-state index is 12.3. The average Bonchev–Trinajstić information content (AvgIpc) is 3.10. The van der Waals surface area contributed by atoms with Gasteiger partial charge in [-0.25, -0.2) is 13.4 Å². The molecule has 8 nitrogen and oxygen atoms in total. The molecule has 0 atom stereocenters. The van der Waals surface area contributed by atoms with Crippen molar-refractivity contribution in [3.8, 4) is 11.5 Å². The third kappa shape index (κ3) is 3.25. The quantitative estimate of drug-likeness (QED) is 0.561. The molecule has 0 saturated heterocycles. The zero-order chi connectivity index (χ0) is 17.2. The molecule has 0 aliphatic rings. The number of nitro benzene ring substituents is 1. The molecular weight excluding hydrogens is 334 g/mol. The second-order valence-electron chi connectivity index (χ2n) is 4.77. The van der Waals surface area contributed by atoms with Gasteiger partial charge in [-0.15, -0.1) is 0 Å². The molecule has 122 valence electrons. The minimum atomic E-state index is -3.93. The minimum Gasteiger partial charge on any atom is -0.445 e. The van der Waals surface area contributed by atoms with Crippen LogP contribution in [0.15, 0.2) is 70.3 Å². The molecule has 1 heterocycles. The van der Waals surface area contributed by atoms with Crippen molar-refractivity contribution in [2.24, 2.45) is 0 Å². The summed E-state index contributed by atoms with van der Waals surface area (Å²) in [5.74, 6) is 0.420. The summed E-state index contributed by atoms with van der Waals surface area (Å²) in [6, 6.07) is 11.2. The van der Waals surface area contributed by atoms with Gasteiger partial charge in [-0.3, -0.25) is 14.8 Å². The van der Waals surface area contributed by atoms with Crippen LogP contribution < -0.4 is 4.72 Å². The second-order valence-corrected chi connectivity index (χ2v) is 6.46. The molecule has 0 amide bonds. The topological polar surface area (TPSA) is 115 Å². The van der Waals surface area contributed by atoms with E-state index in [-0.39, 0.29) is 10.6 Å². The van der Waals surface area contributed by atoms with Crippen LogP contribution in [0.4, 0.5) is 11.4 Å². The van der Waals surface area contributed by atoms with Crippen LogP contribution in [0.2, 0.25) is 0 Å². The summed E-state index contributed by atoms with van der Waals surface area (Å²) in [6.45, 7) is 0. The van der Waals surface area contributed by atoms with Crippen LogP contribution in [0.1, 0.15) is 0 Å². The molecule has 0 aliphatic carbocycles. The lowest BCUT2D eigenvalue weighted by Crippen LogP contribution is -2.13. The molecule has 9 heteroatoms. The Morgan fingerprint density at radius 2 is 1.88 bits per heavy atom. The highest BCUT2D eigenvalue weighted by Gasteiger charge is 2.17. The average molecular weight is 345 g/mol. The number of anilines is 1. The summed E-state index contributed by atoms with van der Waals surface area (Å²) >= 11 is 0. The monoisotopic (exact) mass is 345 g/mol. The van der Waals surface area contributed by atoms with Crippen molar-refractivity contribution in [3.63, 3.8) is 0 Å². The van der Waals surface area contributed by atoms with Crippen molar-refractivity contribution < 1.29 is 17.8 Å². The minimum absolute atomic E-state index is 0.187. The maximum atomic E-state index is 12.3. The highest BCUT2D eigenvalue weighted by atomic mass is 32.2. The number of aromatic nitrogens is 1. The van der Waals surface area contributed by atoms with E-state index < -0.39 is 14.9 Å². The van der Waals surface area contributed by atoms with Gasteiger partial charge in [0.15, 0.2) is 0 Å². The van der Waals surface area contributed by atoms with Crippen LogP contribution in [0.25, 0.3) is 11.5 Å². The number of non-ortho nitro benzene ring substituents is 1. The molecule has 24 heavy (non-hydrogen) atoms. The number of benzene rings is 2. The van der Waals surface area contributed by atoms with E-state index in [9.17, 15) is 18.5 Å². The molecule has 0 spiro atoms. The van der Waals surface area contributed by atoms with Crippen LogP contribution in [0, 0.1) is 10.1 Å². The van der Waals surface area contributed by atoms with Crippen LogP contribution in [0.5, 0.6) is 0 Å². The fraction of sp³-hybridized carbons (Fsp3) is 0. The third-order valence-electron chi connectivity index (χ3n) is 3.16. The van der Waals surface area contributed by atoms with Crippen LogP contribution in [0.3, 0.4) is 0 Å². The number of nitrogens with one attached hydrogen (secondary N) is 1. The number of sulfonamides is 1. The predicted octanol–water partition coefficient (Wildman–Crippen LogP) is 3.05. The smallest absolute Gasteiger partial charge is 0.270 e. The molecule has 3 aromatic rings. The Morgan fingerprint density at radius 3 is 2.50 bits per heavy atom. The van der Waals surface area contributed by atoms with Gasteiger partial charge in [-0.05, 0) is 30.3 Å². The molecular formula is C15H11N3O5S. The van der Waals surface area contributed by atoms with Crippen LogP contribution in [-0.4, -0.2) is 18.3 Å².